The van der Waals surface area contributed by atoms with Crippen LogP contribution in [0.1, 0.15) is 49.7 Å². The fraction of sp³-hybridized carbons (Fsp3) is 0.630. The molecule has 0 radical (unpaired) electrons. The number of aryl methyl sites for hydroxylation is 1. The van der Waals surface area contributed by atoms with Gasteiger partial charge in [-0.1, -0.05) is 0 Å². The fourth-order valence-corrected chi connectivity index (χ4v) is 5.32. The van der Waals surface area contributed by atoms with E-state index in [4.69, 9.17) is 23.4 Å². The van der Waals surface area contributed by atoms with Crippen molar-refractivity contribution in [3.05, 3.63) is 23.5 Å². The van der Waals surface area contributed by atoms with Gasteiger partial charge >= 0.3 is 5.97 Å². The number of amides is 1. The Morgan fingerprint density at radius 2 is 2.02 bits per heavy atom. The Labute approximate surface area is 230 Å². The lowest BCUT2D eigenvalue weighted by Gasteiger charge is -2.47. The predicted octanol–water partition coefficient (Wildman–Crippen LogP) is -0.138. The lowest BCUT2D eigenvalue weighted by Crippen LogP contribution is -2.68. The number of esters is 1. The maximum atomic E-state index is 12.2. The average molecular weight is 568 g/mol. The molecule has 0 saturated carbocycles. The lowest BCUT2D eigenvalue weighted by atomic mass is 9.83. The number of nitrogens with one attached hydrogen (secondary N) is 1. The summed E-state index contributed by atoms with van der Waals surface area (Å²) in [6, 6.07) is 1.75. The largest absolute Gasteiger partial charge is 0.490 e. The molecule has 2 aromatic rings. The van der Waals surface area contributed by atoms with Gasteiger partial charge in [0.1, 0.15) is 18.3 Å². The van der Waals surface area contributed by atoms with Crippen LogP contribution < -0.4 is 14.8 Å². The van der Waals surface area contributed by atoms with Gasteiger partial charge in [-0.25, -0.2) is 0 Å². The topological polar surface area (TPSA) is 197 Å². The summed E-state index contributed by atoms with van der Waals surface area (Å²) in [5.41, 5.74) is -0.661. The highest BCUT2D eigenvalue weighted by molar-refractivity contribution is 5.92. The third-order valence-electron chi connectivity index (χ3n) is 7.47. The van der Waals surface area contributed by atoms with E-state index in [9.17, 15) is 35.1 Å². The van der Waals surface area contributed by atoms with Crippen molar-refractivity contribution in [2.45, 2.75) is 75.1 Å². The van der Waals surface area contributed by atoms with Gasteiger partial charge in [0.15, 0.2) is 16.9 Å². The molecule has 0 bridgehead atoms. The fourth-order valence-electron chi connectivity index (χ4n) is 5.32. The van der Waals surface area contributed by atoms with Crippen LogP contribution >= 0.6 is 0 Å². The molecule has 2 aliphatic heterocycles. The molecule has 6 N–H and O–H groups in total. The van der Waals surface area contributed by atoms with Crippen molar-refractivity contribution in [2.24, 2.45) is 0 Å². The molecular formula is C27H37NO12. The quantitative estimate of drug-likeness (QED) is 0.186. The summed E-state index contributed by atoms with van der Waals surface area (Å²) in [6.45, 7) is 1.35. The molecule has 6 atom stereocenters. The van der Waals surface area contributed by atoms with Crippen molar-refractivity contribution in [3.63, 3.8) is 0 Å². The van der Waals surface area contributed by atoms with Gasteiger partial charge in [0.25, 0.3) is 0 Å². The van der Waals surface area contributed by atoms with Crippen molar-refractivity contribution in [1.82, 2.24) is 5.32 Å². The third kappa shape index (κ3) is 5.76. The Morgan fingerprint density at radius 1 is 1.25 bits per heavy atom. The highest BCUT2D eigenvalue weighted by Gasteiger charge is 2.56. The molecule has 3 heterocycles. The summed E-state index contributed by atoms with van der Waals surface area (Å²) < 4.78 is 28.5. The normalized spacial score (nSPS) is 28.5. The molecular weight excluding hydrogens is 530 g/mol. The maximum absolute atomic E-state index is 12.2. The molecule has 1 aromatic heterocycles. The highest BCUT2D eigenvalue weighted by Crippen LogP contribution is 2.46. The molecule has 1 amide bonds. The number of methoxy groups -OCH3 is 1. The molecule has 4 rings (SSSR count). The molecule has 1 aromatic carbocycles. The number of furan rings is 1. The molecule has 13 nitrogen and oxygen atoms in total. The van der Waals surface area contributed by atoms with Gasteiger partial charge < -0.3 is 54.2 Å². The number of aliphatic hydroxyl groups is 5. The van der Waals surface area contributed by atoms with Crippen molar-refractivity contribution in [1.29, 1.82) is 0 Å². The number of rotatable bonds is 12. The second kappa shape index (κ2) is 12.7. The van der Waals surface area contributed by atoms with Crippen molar-refractivity contribution in [2.75, 3.05) is 33.5 Å². The Hall–Kier alpha value is -2.94. The van der Waals surface area contributed by atoms with Crippen LogP contribution in [0.2, 0.25) is 0 Å². The summed E-state index contributed by atoms with van der Waals surface area (Å²) in [7, 11) is 1.38. The lowest BCUT2D eigenvalue weighted by molar-refractivity contribution is -0.322. The number of benzene rings is 1. The van der Waals surface area contributed by atoms with Gasteiger partial charge in [-0.2, -0.15) is 0 Å². The summed E-state index contributed by atoms with van der Waals surface area (Å²) in [4.78, 5) is 24.1. The number of hydrogen-bond donors (Lipinski definition) is 6. The Morgan fingerprint density at radius 3 is 2.65 bits per heavy atom. The molecule has 2 fully saturated rings. The van der Waals surface area contributed by atoms with E-state index < -0.39 is 42.8 Å². The Bertz CT molecular complexity index is 1200. The van der Waals surface area contributed by atoms with Crippen molar-refractivity contribution in [3.8, 4) is 11.5 Å². The minimum Gasteiger partial charge on any atom is -0.490 e. The van der Waals surface area contributed by atoms with Gasteiger partial charge in [-0.3, -0.25) is 9.59 Å². The smallest absolute Gasteiger partial charge is 0.306 e. The first-order chi connectivity index (χ1) is 19.2. The second-order valence-corrected chi connectivity index (χ2v) is 10.0. The molecule has 2 saturated heterocycles. The number of carbonyl (C=O) groups excluding carboxylic acids is 2. The van der Waals surface area contributed by atoms with Crippen LogP contribution in [0, 0.1) is 0 Å². The number of carbonyl (C=O) groups is 2. The SMILES string of the molecule is CCOC(=O)CCc1cc2c([C@@H]3CNC(=O)C3)coc2c(OC)c1O[C@@H]1O[C@H](CO)[C@@H](O)[C@H](O)[C@]1(O)CCCO. The minimum absolute atomic E-state index is 0.0174. The van der Waals surface area contributed by atoms with Gasteiger partial charge in [0.2, 0.25) is 17.9 Å². The predicted molar refractivity (Wildman–Crippen MR) is 138 cm³/mol. The van der Waals surface area contributed by atoms with E-state index in [-0.39, 0.29) is 68.6 Å². The molecule has 0 unspecified atom stereocenters. The standard InChI is InChI=1S/C27H37NO12/c1-3-37-20(32)6-5-14-9-16-17(15-10-19(31)28-11-15)13-38-23(16)24(36-2)22(14)40-26-27(35,7-4-8-29)25(34)21(33)18(12-30)39-26/h9,13,15,18,21,25-26,29-30,33-35H,3-8,10-12H2,1-2H3,(H,28,31)/t15-,18+,21+,25-,26-,27+/m0/s1. The van der Waals surface area contributed by atoms with Gasteiger partial charge in [0.05, 0.1) is 26.6 Å². The molecule has 0 spiro atoms. The van der Waals surface area contributed by atoms with Gasteiger partial charge in [-0.15, -0.1) is 0 Å². The maximum Gasteiger partial charge on any atom is 0.306 e. The Kier molecular flexibility index (Phi) is 9.54. The zero-order valence-corrected chi connectivity index (χ0v) is 22.5. The third-order valence-corrected chi connectivity index (χ3v) is 7.47. The van der Waals surface area contributed by atoms with Gasteiger partial charge in [-0.05, 0) is 37.8 Å². The van der Waals surface area contributed by atoms with E-state index in [1.165, 1.54) is 13.4 Å². The molecule has 40 heavy (non-hydrogen) atoms. The highest BCUT2D eigenvalue weighted by atomic mass is 16.7. The zero-order chi connectivity index (χ0) is 29.0. The molecule has 222 valence electrons. The van der Waals surface area contributed by atoms with Crippen LogP contribution in [0.4, 0.5) is 0 Å². The summed E-state index contributed by atoms with van der Waals surface area (Å²) in [6.07, 6.45) is -4.54. The van der Waals surface area contributed by atoms with E-state index in [2.05, 4.69) is 5.32 Å². The van der Waals surface area contributed by atoms with E-state index in [1.807, 2.05) is 0 Å². The van der Waals surface area contributed by atoms with E-state index in [0.29, 0.717) is 23.1 Å². The summed E-state index contributed by atoms with van der Waals surface area (Å²) >= 11 is 0. The summed E-state index contributed by atoms with van der Waals surface area (Å²) in [5.74, 6) is -0.500. The number of fused-ring (bicyclic) bond motifs is 1. The monoisotopic (exact) mass is 567 g/mol. The van der Waals surface area contributed by atoms with Crippen LogP contribution in [-0.2, 0) is 25.5 Å². The van der Waals surface area contributed by atoms with E-state index in [0.717, 1.165) is 5.56 Å². The first-order valence-corrected chi connectivity index (χ1v) is 13.3. The number of hydrogen-bond acceptors (Lipinski definition) is 12. The van der Waals surface area contributed by atoms with Crippen LogP contribution in [0.25, 0.3) is 11.0 Å². The van der Waals surface area contributed by atoms with Crippen molar-refractivity contribution < 1.29 is 58.5 Å². The summed E-state index contributed by atoms with van der Waals surface area (Å²) in [5, 5.41) is 55.3. The molecule has 0 aliphatic carbocycles. The Balaban J connectivity index is 1.80. The van der Waals surface area contributed by atoms with Gasteiger partial charge in [0, 0.05) is 42.9 Å². The minimum atomic E-state index is -2.18. The van der Waals surface area contributed by atoms with Crippen molar-refractivity contribution >= 4 is 22.8 Å². The number of aliphatic hydroxyl groups excluding tert-OH is 4. The van der Waals surface area contributed by atoms with Crippen LogP contribution in [0.5, 0.6) is 11.5 Å². The molecule has 2 aliphatic rings. The van der Waals surface area contributed by atoms with Crippen LogP contribution in [0.15, 0.2) is 16.7 Å². The van der Waals surface area contributed by atoms with E-state index in [1.54, 1.807) is 13.0 Å². The second-order valence-electron chi connectivity index (χ2n) is 10.0. The number of ether oxygens (including phenoxy) is 4. The molecule has 13 heteroatoms. The average Bonchev–Trinajstić information content (AvgIpc) is 3.56. The van der Waals surface area contributed by atoms with E-state index >= 15 is 0 Å². The zero-order valence-electron chi connectivity index (χ0n) is 22.5. The van der Waals surface area contributed by atoms with Crippen LogP contribution in [0.3, 0.4) is 0 Å². The first-order valence-electron chi connectivity index (χ1n) is 13.3. The first kappa shape index (κ1) is 30.0. The van der Waals surface area contributed by atoms with Crippen LogP contribution in [-0.4, -0.2) is 101 Å².